The highest BCUT2D eigenvalue weighted by molar-refractivity contribution is 5.96. The van der Waals surface area contributed by atoms with Gasteiger partial charge in [0.2, 0.25) is 5.91 Å². The molecule has 206 valence electrons. The highest BCUT2D eigenvalue weighted by atomic mass is 16.6. The molecule has 2 aromatic carbocycles. The fourth-order valence-electron chi connectivity index (χ4n) is 5.10. The molecule has 8 nitrogen and oxygen atoms in total. The molecular formula is C30H40N2O6. The van der Waals surface area contributed by atoms with E-state index in [9.17, 15) is 9.59 Å². The third-order valence-corrected chi connectivity index (χ3v) is 7.21. The molecule has 2 atom stereocenters. The summed E-state index contributed by atoms with van der Waals surface area (Å²) in [5.41, 5.74) is 1.81. The van der Waals surface area contributed by atoms with Crippen LogP contribution in [0.15, 0.2) is 42.5 Å². The predicted octanol–water partition coefficient (Wildman–Crippen LogP) is 4.05. The monoisotopic (exact) mass is 524 g/mol. The van der Waals surface area contributed by atoms with E-state index >= 15 is 0 Å². The van der Waals surface area contributed by atoms with Crippen LogP contribution in [0.2, 0.25) is 0 Å². The van der Waals surface area contributed by atoms with E-state index in [0.717, 1.165) is 68.1 Å². The van der Waals surface area contributed by atoms with Crippen molar-refractivity contribution in [2.75, 3.05) is 47.1 Å². The number of Topliss-reactive ketones (excluding diaryl/α,β-unsaturated/α-hetero) is 1. The smallest absolute Gasteiger partial charge is 0.220 e. The van der Waals surface area contributed by atoms with Gasteiger partial charge in [-0.1, -0.05) is 12.5 Å². The second-order valence-electron chi connectivity index (χ2n) is 10.1. The van der Waals surface area contributed by atoms with Crippen molar-refractivity contribution in [1.82, 2.24) is 10.2 Å². The lowest BCUT2D eigenvalue weighted by molar-refractivity contribution is -0.122. The quantitative estimate of drug-likeness (QED) is 0.295. The van der Waals surface area contributed by atoms with Gasteiger partial charge < -0.3 is 24.3 Å². The largest absolute Gasteiger partial charge is 0.497 e. The van der Waals surface area contributed by atoms with E-state index < -0.39 is 0 Å². The molecule has 2 aliphatic rings. The Labute approximate surface area is 225 Å². The van der Waals surface area contributed by atoms with Crippen molar-refractivity contribution >= 4 is 11.7 Å². The van der Waals surface area contributed by atoms with Crippen molar-refractivity contribution < 1.29 is 28.5 Å². The van der Waals surface area contributed by atoms with Crippen LogP contribution in [0.1, 0.15) is 54.4 Å². The first-order valence-electron chi connectivity index (χ1n) is 13.6. The number of ketones is 1. The molecule has 2 aliphatic heterocycles. The number of rotatable bonds is 14. The number of nitrogens with one attached hydrogen (secondary N) is 1. The molecule has 0 saturated carbocycles. The topological polar surface area (TPSA) is 86.3 Å². The van der Waals surface area contributed by atoms with Crippen molar-refractivity contribution in [3.8, 4) is 17.2 Å². The molecule has 2 heterocycles. The number of unbranched alkanes of at least 4 members (excludes halogenated alkanes) is 2. The average Bonchev–Trinajstić information content (AvgIpc) is 3.40. The maximum atomic E-state index is 12.9. The predicted molar refractivity (Wildman–Crippen MR) is 145 cm³/mol. The molecular weight excluding hydrogens is 484 g/mol. The highest BCUT2D eigenvalue weighted by Gasteiger charge is 2.25. The van der Waals surface area contributed by atoms with Gasteiger partial charge in [0.05, 0.1) is 13.2 Å². The summed E-state index contributed by atoms with van der Waals surface area (Å²) < 4.78 is 22.1. The first-order valence-corrected chi connectivity index (χ1v) is 13.6. The van der Waals surface area contributed by atoms with Gasteiger partial charge >= 0.3 is 0 Å². The summed E-state index contributed by atoms with van der Waals surface area (Å²) in [5.74, 6) is 2.45. The first kappa shape index (κ1) is 27.9. The van der Waals surface area contributed by atoms with Crippen LogP contribution in [0, 0.1) is 0 Å². The van der Waals surface area contributed by atoms with Gasteiger partial charge in [-0.15, -0.1) is 0 Å². The Morgan fingerprint density at radius 1 is 1.00 bits per heavy atom. The van der Waals surface area contributed by atoms with Crippen molar-refractivity contribution in [3.63, 3.8) is 0 Å². The van der Waals surface area contributed by atoms with Crippen molar-refractivity contribution in [2.24, 2.45) is 0 Å². The Hall–Kier alpha value is -3.10. The Balaban J connectivity index is 1.24. The first-order chi connectivity index (χ1) is 18.5. The van der Waals surface area contributed by atoms with Gasteiger partial charge in [0.1, 0.15) is 19.0 Å². The van der Waals surface area contributed by atoms with Crippen LogP contribution in [-0.2, 0) is 16.0 Å². The van der Waals surface area contributed by atoms with Gasteiger partial charge in [0, 0.05) is 51.2 Å². The van der Waals surface area contributed by atoms with Gasteiger partial charge in [0.15, 0.2) is 17.3 Å². The van der Waals surface area contributed by atoms with E-state index in [1.54, 1.807) is 38.5 Å². The number of hydrogen-bond acceptors (Lipinski definition) is 7. The lowest BCUT2D eigenvalue weighted by atomic mass is 10.0. The Morgan fingerprint density at radius 2 is 1.76 bits per heavy atom. The normalized spacial score (nSPS) is 17.7. The van der Waals surface area contributed by atoms with Crippen molar-refractivity contribution in [3.05, 3.63) is 53.6 Å². The minimum atomic E-state index is -0.0164. The van der Waals surface area contributed by atoms with Crippen LogP contribution in [0.25, 0.3) is 0 Å². The minimum absolute atomic E-state index is 0.0164. The zero-order valence-corrected chi connectivity index (χ0v) is 22.6. The Kier molecular flexibility index (Phi) is 10.4. The van der Waals surface area contributed by atoms with Crippen LogP contribution < -0.4 is 19.5 Å². The zero-order chi connectivity index (χ0) is 26.7. The average molecular weight is 525 g/mol. The molecule has 1 N–H and O–H groups in total. The van der Waals surface area contributed by atoms with Crippen LogP contribution >= 0.6 is 0 Å². The fourth-order valence-corrected chi connectivity index (χ4v) is 5.10. The molecule has 0 unspecified atom stereocenters. The fraction of sp³-hybridized carbons (Fsp3) is 0.533. The van der Waals surface area contributed by atoms with Gasteiger partial charge in [-0.2, -0.15) is 0 Å². The molecule has 0 radical (unpaired) electrons. The van der Waals surface area contributed by atoms with E-state index in [1.165, 1.54) is 0 Å². The number of fused-ring (bicyclic) bond motifs is 1. The summed E-state index contributed by atoms with van der Waals surface area (Å²) in [4.78, 5) is 27.6. The molecule has 0 aromatic heterocycles. The molecule has 8 heteroatoms. The summed E-state index contributed by atoms with van der Waals surface area (Å²) in [6, 6.07) is 13.2. The van der Waals surface area contributed by atoms with E-state index in [-0.39, 0.29) is 23.8 Å². The van der Waals surface area contributed by atoms with E-state index in [0.29, 0.717) is 38.0 Å². The lowest BCUT2D eigenvalue weighted by Crippen LogP contribution is -2.44. The maximum absolute atomic E-state index is 12.9. The second kappa shape index (κ2) is 14.2. The molecule has 1 fully saturated rings. The number of likely N-dealkylation sites (tertiary alicyclic amines) is 1. The van der Waals surface area contributed by atoms with Crippen molar-refractivity contribution in [2.45, 2.75) is 57.1 Å². The molecule has 1 saturated heterocycles. The molecule has 0 spiro atoms. The number of benzene rings is 2. The van der Waals surface area contributed by atoms with Gasteiger partial charge in [-0.05, 0) is 67.6 Å². The van der Waals surface area contributed by atoms with E-state index in [4.69, 9.17) is 18.9 Å². The van der Waals surface area contributed by atoms with Crippen LogP contribution in [0.3, 0.4) is 0 Å². The third kappa shape index (κ3) is 8.20. The number of carbonyl (C=O) groups is 2. The zero-order valence-electron chi connectivity index (χ0n) is 22.6. The van der Waals surface area contributed by atoms with Crippen LogP contribution in [0.5, 0.6) is 17.2 Å². The molecule has 4 rings (SSSR count). The lowest BCUT2D eigenvalue weighted by Gasteiger charge is -2.26. The third-order valence-electron chi connectivity index (χ3n) is 7.21. The molecule has 0 aliphatic carbocycles. The Morgan fingerprint density at radius 3 is 2.50 bits per heavy atom. The summed E-state index contributed by atoms with van der Waals surface area (Å²) in [5, 5.41) is 3.27. The molecule has 1 amide bonds. The number of methoxy groups -OCH3 is 2. The number of carbonyl (C=O) groups excluding carboxylic acids is 2. The number of nitrogens with zero attached hydrogens (tertiary/aromatic N) is 1. The van der Waals surface area contributed by atoms with Gasteiger partial charge in [-0.3, -0.25) is 14.5 Å². The summed E-state index contributed by atoms with van der Waals surface area (Å²) in [7, 11) is 3.36. The second-order valence-corrected chi connectivity index (χ2v) is 10.1. The maximum Gasteiger partial charge on any atom is 0.220 e. The molecule has 0 bridgehead atoms. The highest BCUT2D eigenvalue weighted by Crippen LogP contribution is 2.31. The van der Waals surface area contributed by atoms with E-state index in [2.05, 4.69) is 16.3 Å². The standard InChI is InChI=1S/C30H40N2O6/c1-35-25-11-9-23(10-12-25)27(33)6-4-3-5-7-30(34)31-24(20-32-15-14-26(21-32)36-2)18-22-8-13-28-29(19-22)38-17-16-37-28/h8-13,19,24,26H,3-7,14-18,20-21H2,1-2H3,(H,31,34)/t24-,26-/m0/s1. The van der Waals surface area contributed by atoms with Gasteiger partial charge in [0.25, 0.3) is 0 Å². The number of ether oxygens (including phenoxy) is 4. The Bertz CT molecular complexity index is 1060. The van der Waals surface area contributed by atoms with Crippen LogP contribution in [-0.4, -0.2) is 75.8 Å². The van der Waals surface area contributed by atoms with E-state index in [1.807, 2.05) is 12.1 Å². The SMILES string of the molecule is COc1ccc(C(=O)CCCCCC(=O)N[C@@H](Cc2ccc3c(c2)OCCO3)CN2CC[C@H](OC)C2)cc1. The van der Waals surface area contributed by atoms with Gasteiger partial charge in [-0.25, -0.2) is 0 Å². The summed E-state index contributed by atoms with van der Waals surface area (Å²) in [6.07, 6.45) is 5.28. The molecule has 38 heavy (non-hydrogen) atoms. The summed E-state index contributed by atoms with van der Waals surface area (Å²) >= 11 is 0. The summed E-state index contributed by atoms with van der Waals surface area (Å²) in [6.45, 7) is 3.74. The molecule has 2 aromatic rings. The number of hydrogen-bond donors (Lipinski definition) is 1. The van der Waals surface area contributed by atoms with Crippen LogP contribution in [0.4, 0.5) is 0 Å². The number of amides is 1. The minimum Gasteiger partial charge on any atom is -0.497 e. The van der Waals surface area contributed by atoms with Crippen molar-refractivity contribution in [1.29, 1.82) is 0 Å².